The van der Waals surface area contributed by atoms with Gasteiger partial charge in [0.25, 0.3) is 0 Å². The fourth-order valence-electron chi connectivity index (χ4n) is 5.03. The molecule has 5 rings (SSSR count). The normalized spacial score (nSPS) is 23.4. The number of benzene rings is 2. The lowest BCUT2D eigenvalue weighted by Gasteiger charge is -2.49. The number of halogens is 3. The number of hydrogen-bond donors (Lipinski definition) is 1. The van der Waals surface area contributed by atoms with Gasteiger partial charge in [0.1, 0.15) is 0 Å². The molecule has 2 aromatic rings. The fourth-order valence-corrected chi connectivity index (χ4v) is 5.03. The van der Waals surface area contributed by atoms with E-state index in [0.29, 0.717) is 18.5 Å². The van der Waals surface area contributed by atoms with Gasteiger partial charge in [-0.05, 0) is 55.0 Å². The van der Waals surface area contributed by atoms with Crippen molar-refractivity contribution in [3.8, 4) is 0 Å². The Morgan fingerprint density at radius 3 is 2.56 bits per heavy atom. The minimum atomic E-state index is -4.38. The van der Waals surface area contributed by atoms with Crippen LogP contribution in [0.3, 0.4) is 0 Å². The summed E-state index contributed by atoms with van der Waals surface area (Å²) in [5.41, 5.74) is 2.12. The van der Waals surface area contributed by atoms with E-state index < -0.39 is 11.7 Å². The first-order valence-corrected chi connectivity index (χ1v) is 11.4. The van der Waals surface area contributed by atoms with E-state index in [1.165, 1.54) is 17.7 Å². The first-order valence-electron chi connectivity index (χ1n) is 11.4. The van der Waals surface area contributed by atoms with Crippen LogP contribution in [0.4, 0.5) is 18.9 Å². The van der Waals surface area contributed by atoms with E-state index in [-0.39, 0.29) is 23.9 Å². The van der Waals surface area contributed by atoms with Crippen molar-refractivity contribution in [1.29, 1.82) is 0 Å². The Kier molecular flexibility index (Phi) is 5.61. The van der Waals surface area contributed by atoms with Gasteiger partial charge in [-0.25, -0.2) is 0 Å². The SMILES string of the molecule is O=C(NC1CC1)[C@@H]1Cc2cc(C(F)(F)F)ccc2N2CCN(CCc3ccccc3)C[C@H]12. The number of nitrogens with zero attached hydrogens (tertiary/aromatic N) is 2. The molecule has 2 heterocycles. The Balaban J connectivity index is 1.37. The second-order valence-electron chi connectivity index (χ2n) is 9.23. The second kappa shape index (κ2) is 8.43. The molecule has 1 N–H and O–H groups in total. The highest BCUT2D eigenvalue weighted by molar-refractivity contribution is 5.82. The first-order chi connectivity index (χ1) is 15.4. The van der Waals surface area contributed by atoms with Crippen LogP contribution in [0.2, 0.25) is 0 Å². The molecule has 2 aromatic carbocycles. The summed E-state index contributed by atoms with van der Waals surface area (Å²) in [6.45, 7) is 3.20. The van der Waals surface area contributed by atoms with Gasteiger partial charge in [0.15, 0.2) is 0 Å². The summed E-state index contributed by atoms with van der Waals surface area (Å²) < 4.78 is 39.9. The standard InChI is InChI=1S/C25H28F3N3O/c26-25(27,28)19-6-9-22-18(14-19)15-21(24(32)29-20-7-8-20)23-16-30(12-13-31(22)23)11-10-17-4-2-1-3-5-17/h1-6,9,14,20-21,23H,7-8,10-13,15-16H2,(H,29,32)/t21-,23-/m1/s1. The molecule has 2 fully saturated rings. The molecule has 0 aromatic heterocycles. The van der Waals surface area contributed by atoms with E-state index >= 15 is 0 Å². The zero-order valence-corrected chi connectivity index (χ0v) is 17.9. The van der Waals surface area contributed by atoms with Crippen molar-refractivity contribution in [1.82, 2.24) is 10.2 Å². The van der Waals surface area contributed by atoms with Crippen LogP contribution >= 0.6 is 0 Å². The van der Waals surface area contributed by atoms with Crippen molar-refractivity contribution in [2.24, 2.45) is 5.92 Å². The lowest BCUT2D eigenvalue weighted by molar-refractivity contribution is -0.137. The maximum Gasteiger partial charge on any atom is 0.416 e. The molecule has 0 radical (unpaired) electrons. The first kappa shape index (κ1) is 21.3. The van der Waals surface area contributed by atoms with E-state index in [4.69, 9.17) is 0 Å². The lowest BCUT2D eigenvalue weighted by Crippen LogP contribution is -2.61. The Hall–Kier alpha value is -2.54. The highest BCUT2D eigenvalue weighted by atomic mass is 19.4. The summed E-state index contributed by atoms with van der Waals surface area (Å²) in [5, 5.41) is 3.10. The van der Waals surface area contributed by atoms with E-state index in [2.05, 4.69) is 27.2 Å². The van der Waals surface area contributed by atoms with Gasteiger partial charge in [0, 0.05) is 37.9 Å². The molecule has 1 saturated heterocycles. The van der Waals surface area contributed by atoms with Crippen LogP contribution in [0, 0.1) is 5.92 Å². The van der Waals surface area contributed by atoms with Crippen LogP contribution in [0.5, 0.6) is 0 Å². The fraction of sp³-hybridized carbons (Fsp3) is 0.480. The van der Waals surface area contributed by atoms with Gasteiger partial charge in [0.05, 0.1) is 17.5 Å². The van der Waals surface area contributed by atoms with Gasteiger partial charge in [-0.3, -0.25) is 9.69 Å². The molecule has 3 aliphatic rings. The second-order valence-corrected chi connectivity index (χ2v) is 9.23. The zero-order chi connectivity index (χ0) is 22.3. The molecular weight excluding hydrogens is 415 g/mol. The number of piperazine rings is 1. The van der Waals surface area contributed by atoms with Gasteiger partial charge in [-0.1, -0.05) is 30.3 Å². The molecule has 32 heavy (non-hydrogen) atoms. The van der Waals surface area contributed by atoms with Crippen LogP contribution in [0.15, 0.2) is 48.5 Å². The summed E-state index contributed by atoms with van der Waals surface area (Å²) in [7, 11) is 0. The van der Waals surface area contributed by atoms with E-state index in [9.17, 15) is 18.0 Å². The predicted molar refractivity (Wildman–Crippen MR) is 118 cm³/mol. The summed E-state index contributed by atoms with van der Waals surface area (Å²) in [4.78, 5) is 17.7. The highest BCUT2D eigenvalue weighted by Gasteiger charge is 2.43. The molecule has 4 nitrogen and oxygen atoms in total. The third-order valence-corrected chi connectivity index (χ3v) is 6.94. The summed E-state index contributed by atoms with van der Waals surface area (Å²) in [6.07, 6.45) is -1.10. The average molecular weight is 444 g/mol. The third kappa shape index (κ3) is 4.49. The lowest BCUT2D eigenvalue weighted by atomic mass is 9.82. The zero-order valence-electron chi connectivity index (χ0n) is 17.9. The molecule has 1 aliphatic carbocycles. The molecule has 0 bridgehead atoms. The Morgan fingerprint density at radius 2 is 1.84 bits per heavy atom. The number of fused-ring (bicyclic) bond motifs is 3. The van der Waals surface area contributed by atoms with Gasteiger partial charge in [-0.15, -0.1) is 0 Å². The van der Waals surface area contributed by atoms with Crippen molar-refractivity contribution in [2.75, 3.05) is 31.1 Å². The highest BCUT2D eigenvalue weighted by Crippen LogP contribution is 2.40. The topological polar surface area (TPSA) is 35.6 Å². The molecule has 170 valence electrons. The van der Waals surface area contributed by atoms with Gasteiger partial charge in [0.2, 0.25) is 5.91 Å². The quantitative estimate of drug-likeness (QED) is 0.762. The third-order valence-electron chi connectivity index (χ3n) is 6.94. The number of carbonyl (C=O) groups is 1. The number of rotatable bonds is 5. The predicted octanol–water partition coefficient (Wildman–Crippen LogP) is 3.89. The number of amides is 1. The van der Waals surface area contributed by atoms with Crippen LogP contribution in [-0.4, -0.2) is 49.1 Å². The molecule has 0 unspecified atom stereocenters. The average Bonchev–Trinajstić information content (AvgIpc) is 3.60. The van der Waals surface area contributed by atoms with Crippen molar-refractivity contribution in [3.05, 3.63) is 65.2 Å². The maximum absolute atomic E-state index is 13.3. The van der Waals surface area contributed by atoms with Crippen LogP contribution < -0.4 is 10.2 Å². The summed E-state index contributed by atoms with van der Waals surface area (Å²) in [5.74, 6) is -0.360. The number of hydrogen-bond acceptors (Lipinski definition) is 3. The minimum absolute atomic E-state index is 0.0181. The molecule has 0 spiro atoms. The molecule has 1 amide bonds. The number of anilines is 1. The van der Waals surface area contributed by atoms with E-state index in [0.717, 1.165) is 44.6 Å². The number of nitrogens with one attached hydrogen (secondary N) is 1. The van der Waals surface area contributed by atoms with E-state index in [1.807, 2.05) is 18.2 Å². The number of carbonyl (C=O) groups excluding carboxylic acids is 1. The summed E-state index contributed by atoms with van der Waals surface area (Å²) >= 11 is 0. The van der Waals surface area contributed by atoms with Gasteiger partial charge < -0.3 is 10.2 Å². The van der Waals surface area contributed by atoms with E-state index in [1.54, 1.807) is 6.07 Å². The number of alkyl halides is 3. The molecule has 2 atom stereocenters. The Bertz CT molecular complexity index is 974. The van der Waals surface area contributed by atoms with Gasteiger partial charge >= 0.3 is 6.18 Å². The minimum Gasteiger partial charge on any atom is -0.365 e. The Labute approximate surface area is 186 Å². The molecule has 2 aliphatic heterocycles. The Morgan fingerprint density at radius 1 is 1.06 bits per heavy atom. The maximum atomic E-state index is 13.3. The van der Waals surface area contributed by atoms with Crippen molar-refractivity contribution in [2.45, 2.75) is 43.9 Å². The van der Waals surface area contributed by atoms with Crippen LogP contribution in [0.1, 0.15) is 29.5 Å². The van der Waals surface area contributed by atoms with Crippen LogP contribution in [0.25, 0.3) is 0 Å². The largest absolute Gasteiger partial charge is 0.416 e. The van der Waals surface area contributed by atoms with Crippen molar-refractivity contribution >= 4 is 11.6 Å². The van der Waals surface area contributed by atoms with Gasteiger partial charge in [-0.2, -0.15) is 13.2 Å². The molecule has 7 heteroatoms. The van der Waals surface area contributed by atoms with Crippen molar-refractivity contribution in [3.63, 3.8) is 0 Å². The monoisotopic (exact) mass is 443 g/mol. The smallest absolute Gasteiger partial charge is 0.365 e. The van der Waals surface area contributed by atoms with Crippen LogP contribution in [-0.2, 0) is 23.8 Å². The molecular formula is C25H28F3N3O. The molecule has 1 saturated carbocycles. The van der Waals surface area contributed by atoms with Crippen molar-refractivity contribution < 1.29 is 18.0 Å². The summed E-state index contributed by atoms with van der Waals surface area (Å²) in [6, 6.07) is 14.5.